The highest BCUT2D eigenvalue weighted by Gasteiger charge is 2.07. The molecule has 2 heterocycles. The Hall–Kier alpha value is -2.87. The number of aromatic nitrogens is 4. The highest BCUT2D eigenvalue weighted by atomic mass is 32.1. The third-order valence-corrected chi connectivity index (χ3v) is 3.96. The van der Waals surface area contributed by atoms with Crippen LogP contribution in [0.1, 0.15) is 16.1 Å². The lowest BCUT2D eigenvalue weighted by molar-refractivity contribution is -0.111. The van der Waals surface area contributed by atoms with Crippen LogP contribution in [0, 0.1) is 5.82 Å². The van der Waals surface area contributed by atoms with E-state index in [1.807, 2.05) is 0 Å². The Morgan fingerprint density at radius 2 is 2.12 bits per heavy atom. The van der Waals surface area contributed by atoms with Crippen LogP contribution in [-0.2, 0) is 18.3 Å². The monoisotopic (exact) mass is 343 g/mol. The Balaban J connectivity index is 1.58. The first kappa shape index (κ1) is 16.0. The summed E-state index contributed by atoms with van der Waals surface area (Å²) in [6.45, 7) is 0. The smallest absolute Gasteiger partial charge is 0.250 e. The SMILES string of the molecule is Cn1cc(C=CC(=O)Nc2nnc(Cc3ccc(F)cc3)s2)cn1. The normalized spacial score (nSPS) is 11.1. The molecule has 0 aliphatic heterocycles. The van der Waals surface area contributed by atoms with Gasteiger partial charge in [-0.3, -0.25) is 14.8 Å². The first-order chi connectivity index (χ1) is 11.6. The van der Waals surface area contributed by atoms with Crippen molar-refractivity contribution in [1.82, 2.24) is 20.0 Å². The number of hydrogen-bond donors (Lipinski definition) is 1. The molecule has 0 aliphatic rings. The molecule has 0 bridgehead atoms. The van der Waals surface area contributed by atoms with E-state index in [0.717, 1.165) is 16.1 Å². The van der Waals surface area contributed by atoms with Crippen molar-refractivity contribution in [3.05, 3.63) is 64.7 Å². The first-order valence-corrected chi connectivity index (χ1v) is 7.95. The fourth-order valence-corrected chi connectivity index (χ4v) is 2.77. The molecule has 1 N–H and O–H groups in total. The number of benzene rings is 1. The third kappa shape index (κ3) is 4.32. The minimum absolute atomic E-state index is 0.274. The molecule has 3 aromatic rings. The first-order valence-electron chi connectivity index (χ1n) is 7.13. The number of halogens is 1. The highest BCUT2D eigenvalue weighted by molar-refractivity contribution is 7.15. The lowest BCUT2D eigenvalue weighted by atomic mass is 10.2. The average Bonchev–Trinajstić information content (AvgIpc) is 3.17. The molecule has 122 valence electrons. The lowest BCUT2D eigenvalue weighted by Crippen LogP contribution is -2.07. The predicted molar refractivity (Wildman–Crippen MR) is 90.0 cm³/mol. The molecule has 2 aromatic heterocycles. The van der Waals surface area contributed by atoms with Crippen LogP contribution in [0.25, 0.3) is 6.08 Å². The van der Waals surface area contributed by atoms with Crippen LogP contribution >= 0.6 is 11.3 Å². The number of anilines is 1. The zero-order chi connectivity index (χ0) is 16.9. The summed E-state index contributed by atoms with van der Waals surface area (Å²) in [6.07, 6.45) is 7.09. The summed E-state index contributed by atoms with van der Waals surface area (Å²) in [7, 11) is 1.81. The van der Waals surface area contributed by atoms with Crippen molar-refractivity contribution >= 4 is 28.5 Å². The number of carbonyl (C=O) groups excluding carboxylic acids is 1. The van der Waals surface area contributed by atoms with Crippen LogP contribution in [-0.4, -0.2) is 25.9 Å². The zero-order valence-corrected chi connectivity index (χ0v) is 13.6. The number of nitrogens with one attached hydrogen (secondary N) is 1. The second kappa shape index (κ2) is 7.14. The molecule has 0 atom stereocenters. The standard InChI is InChI=1S/C16H14FN5OS/c1-22-10-12(9-18-22)4-7-14(23)19-16-21-20-15(24-16)8-11-2-5-13(17)6-3-11/h2-7,9-10H,8H2,1H3,(H,19,21,23). The van der Waals surface area contributed by atoms with E-state index in [1.165, 1.54) is 29.5 Å². The van der Waals surface area contributed by atoms with Gasteiger partial charge in [-0.2, -0.15) is 5.10 Å². The van der Waals surface area contributed by atoms with E-state index in [0.29, 0.717) is 11.6 Å². The molecular formula is C16H14FN5OS. The van der Waals surface area contributed by atoms with Crippen molar-refractivity contribution < 1.29 is 9.18 Å². The summed E-state index contributed by atoms with van der Waals surface area (Å²) < 4.78 is 14.5. The van der Waals surface area contributed by atoms with Gasteiger partial charge in [0, 0.05) is 31.3 Å². The van der Waals surface area contributed by atoms with Gasteiger partial charge in [-0.1, -0.05) is 23.5 Å². The summed E-state index contributed by atoms with van der Waals surface area (Å²) in [5, 5.41) is 15.8. The van der Waals surface area contributed by atoms with Crippen molar-refractivity contribution in [2.45, 2.75) is 6.42 Å². The summed E-state index contributed by atoms with van der Waals surface area (Å²) in [5.41, 5.74) is 1.77. The van der Waals surface area contributed by atoms with Gasteiger partial charge in [-0.05, 0) is 23.8 Å². The predicted octanol–water partition coefficient (Wildman–Crippen LogP) is 2.65. The number of rotatable bonds is 5. The summed E-state index contributed by atoms with van der Waals surface area (Å²) >= 11 is 1.29. The molecule has 0 spiro atoms. The molecule has 6 nitrogen and oxygen atoms in total. The van der Waals surface area contributed by atoms with Crippen LogP contribution in [0.2, 0.25) is 0 Å². The van der Waals surface area contributed by atoms with Gasteiger partial charge in [-0.15, -0.1) is 10.2 Å². The van der Waals surface area contributed by atoms with E-state index >= 15 is 0 Å². The van der Waals surface area contributed by atoms with Gasteiger partial charge in [-0.25, -0.2) is 4.39 Å². The minimum Gasteiger partial charge on any atom is -0.297 e. The number of hydrogen-bond acceptors (Lipinski definition) is 5. The van der Waals surface area contributed by atoms with Crippen molar-refractivity contribution in [3.63, 3.8) is 0 Å². The summed E-state index contributed by atoms with van der Waals surface area (Å²) in [4.78, 5) is 11.9. The molecule has 8 heteroatoms. The van der Waals surface area contributed by atoms with Gasteiger partial charge in [0.2, 0.25) is 11.0 Å². The maximum absolute atomic E-state index is 12.9. The molecule has 0 unspecified atom stereocenters. The Labute approximate surface area is 141 Å². The van der Waals surface area contributed by atoms with Crippen LogP contribution in [0.15, 0.2) is 42.7 Å². The molecule has 0 radical (unpaired) electrons. The Morgan fingerprint density at radius 1 is 1.33 bits per heavy atom. The van der Waals surface area contributed by atoms with Gasteiger partial charge in [0.15, 0.2) is 0 Å². The average molecular weight is 343 g/mol. The van der Waals surface area contributed by atoms with E-state index in [2.05, 4.69) is 20.6 Å². The van der Waals surface area contributed by atoms with Crippen LogP contribution < -0.4 is 5.32 Å². The Kier molecular flexibility index (Phi) is 4.76. The number of nitrogens with zero attached hydrogens (tertiary/aromatic N) is 4. The molecule has 0 saturated carbocycles. The molecule has 0 saturated heterocycles. The maximum atomic E-state index is 12.9. The van der Waals surface area contributed by atoms with Crippen LogP contribution in [0.5, 0.6) is 0 Å². The topological polar surface area (TPSA) is 72.7 Å². The second-order valence-corrected chi connectivity index (χ2v) is 6.14. The van der Waals surface area contributed by atoms with Gasteiger partial charge in [0.1, 0.15) is 10.8 Å². The van der Waals surface area contributed by atoms with Crippen LogP contribution in [0.3, 0.4) is 0 Å². The van der Waals surface area contributed by atoms with E-state index in [1.54, 1.807) is 42.3 Å². The van der Waals surface area contributed by atoms with Gasteiger partial charge in [0.05, 0.1) is 6.20 Å². The van der Waals surface area contributed by atoms with Crippen LogP contribution in [0.4, 0.5) is 9.52 Å². The summed E-state index contributed by atoms with van der Waals surface area (Å²) in [5.74, 6) is -0.562. The van der Waals surface area contributed by atoms with E-state index in [9.17, 15) is 9.18 Å². The van der Waals surface area contributed by atoms with E-state index < -0.39 is 0 Å². The number of aryl methyl sites for hydroxylation is 1. The van der Waals surface area contributed by atoms with Gasteiger partial charge >= 0.3 is 0 Å². The van der Waals surface area contributed by atoms with Crippen molar-refractivity contribution in [2.75, 3.05) is 5.32 Å². The van der Waals surface area contributed by atoms with Gasteiger partial charge < -0.3 is 0 Å². The minimum atomic E-state index is -0.289. The van der Waals surface area contributed by atoms with E-state index in [4.69, 9.17) is 0 Å². The Bertz CT molecular complexity index is 869. The highest BCUT2D eigenvalue weighted by Crippen LogP contribution is 2.18. The number of amides is 1. The third-order valence-electron chi connectivity index (χ3n) is 3.12. The van der Waals surface area contributed by atoms with Crippen molar-refractivity contribution in [2.24, 2.45) is 7.05 Å². The second-order valence-electron chi connectivity index (χ2n) is 5.07. The van der Waals surface area contributed by atoms with Gasteiger partial charge in [0.25, 0.3) is 0 Å². The maximum Gasteiger partial charge on any atom is 0.250 e. The fourth-order valence-electron chi connectivity index (χ4n) is 2.00. The van der Waals surface area contributed by atoms with E-state index in [-0.39, 0.29) is 11.7 Å². The quantitative estimate of drug-likeness (QED) is 0.723. The molecule has 0 aliphatic carbocycles. The fraction of sp³-hybridized carbons (Fsp3) is 0.125. The molecule has 1 amide bonds. The lowest BCUT2D eigenvalue weighted by Gasteiger charge is -1.96. The number of carbonyl (C=O) groups is 1. The van der Waals surface area contributed by atoms with Crippen molar-refractivity contribution in [3.8, 4) is 0 Å². The molecule has 0 fully saturated rings. The summed E-state index contributed by atoms with van der Waals surface area (Å²) in [6, 6.07) is 6.21. The molecule has 3 rings (SSSR count). The Morgan fingerprint density at radius 3 is 2.83 bits per heavy atom. The van der Waals surface area contributed by atoms with Crippen molar-refractivity contribution in [1.29, 1.82) is 0 Å². The zero-order valence-electron chi connectivity index (χ0n) is 12.8. The molecular weight excluding hydrogens is 329 g/mol. The molecule has 1 aromatic carbocycles. The largest absolute Gasteiger partial charge is 0.297 e. The molecule has 24 heavy (non-hydrogen) atoms.